The van der Waals surface area contributed by atoms with Gasteiger partial charge in [-0.25, -0.2) is 9.78 Å². The molecule has 1 aliphatic heterocycles. The Bertz CT molecular complexity index is 1390. The molecule has 0 saturated carbocycles. The van der Waals surface area contributed by atoms with Crippen LogP contribution >= 0.6 is 0 Å². The number of pyridine rings is 2. The second-order valence-electron chi connectivity index (χ2n) is 9.99. The first kappa shape index (κ1) is 25.3. The normalized spacial score (nSPS) is 14.6. The number of nitrogens with one attached hydrogen (secondary N) is 2. The first-order valence-electron chi connectivity index (χ1n) is 12.3. The van der Waals surface area contributed by atoms with Gasteiger partial charge in [-0.1, -0.05) is 27.7 Å². The van der Waals surface area contributed by atoms with Crippen LogP contribution in [0.15, 0.2) is 40.2 Å². The van der Waals surface area contributed by atoms with Crippen molar-refractivity contribution < 1.29 is 9.59 Å². The van der Waals surface area contributed by atoms with E-state index in [9.17, 15) is 19.2 Å². The number of hydrogen-bond acceptors (Lipinski definition) is 6. The number of aromatic amines is 1. The number of carbonyl (C=O) groups is 2. The van der Waals surface area contributed by atoms with Crippen LogP contribution in [0.25, 0.3) is 11.0 Å². The van der Waals surface area contributed by atoms with Crippen molar-refractivity contribution in [3.63, 3.8) is 0 Å². The van der Waals surface area contributed by atoms with Gasteiger partial charge in [0.1, 0.15) is 0 Å². The number of rotatable bonds is 6. The van der Waals surface area contributed by atoms with E-state index in [4.69, 9.17) is 0 Å². The molecular formula is C26H32N6O4. The van der Waals surface area contributed by atoms with Gasteiger partial charge < -0.3 is 10.2 Å². The lowest BCUT2D eigenvalue weighted by molar-refractivity contribution is 0.0699. The summed E-state index contributed by atoms with van der Waals surface area (Å²) in [6.07, 6.45) is 4.31. The maximum Gasteiger partial charge on any atom is 0.330 e. The molecule has 3 aromatic rings. The molecule has 1 saturated heterocycles. The lowest BCUT2D eigenvalue weighted by Crippen LogP contribution is -2.47. The standard InChI is InChI=1S/C26H32N6O4/c1-15(2)14-32-22-21(24(34)30-26(32)36)19(12-20(29-22)16(3)4)25(35)31-10-7-18(8-11-31)28-23(33)17-6-5-9-27-13-17/h5-6,9,12-13,15-16,18H,7-8,10-11,14H2,1-4H3,(H,28,33)(H,30,34,36). The SMILES string of the molecule is CC(C)Cn1c(=O)[nH]c(=O)c2c(C(=O)N3CCC(NC(=O)c4cccnc4)CC3)cc(C(C)C)nc21. The van der Waals surface area contributed by atoms with Crippen molar-refractivity contribution in [1.29, 1.82) is 0 Å². The molecule has 10 heteroatoms. The molecule has 0 aromatic carbocycles. The summed E-state index contributed by atoms with van der Waals surface area (Å²) in [5.74, 6) is -0.330. The first-order valence-corrected chi connectivity index (χ1v) is 12.3. The van der Waals surface area contributed by atoms with Crippen LogP contribution in [0, 0.1) is 5.92 Å². The third-order valence-corrected chi connectivity index (χ3v) is 6.38. The average Bonchev–Trinajstić information content (AvgIpc) is 2.86. The molecule has 1 fully saturated rings. The fourth-order valence-electron chi connectivity index (χ4n) is 4.46. The third kappa shape index (κ3) is 5.22. The summed E-state index contributed by atoms with van der Waals surface area (Å²) in [7, 11) is 0. The van der Waals surface area contributed by atoms with Gasteiger partial charge in [-0.3, -0.25) is 28.9 Å². The van der Waals surface area contributed by atoms with Crippen LogP contribution in [0.5, 0.6) is 0 Å². The van der Waals surface area contributed by atoms with Crippen molar-refractivity contribution in [2.45, 2.75) is 59.0 Å². The molecule has 2 N–H and O–H groups in total. The Morgan fingerprint density at radius 3 is 2.50 bits per heavy atom. The Morgan fingerprint density at radius 1 is 1.17 bits per heavy atom. The maximum absolute atomic E-state index is 13.7. The smallest absolute Gasteiger partial charge is 0.330 e. The number of fused-ring (bicyclic) bond motifs is 1. The summed E-state index contributed by atoms with van der Waals surface area (Å²) in [5, 5.41) is 3.14. The summed E-state index contributed by atoms with van der Waals surface area (Å²) in [4.78, 5) is 64.3. The zero-order chi connectivity index (χ0) is 26.0. The zero-order valence-corrected chi connectivity index (χ0v) is 21.1. The predicted octanol–water partition coefficient (Wildman–Crippen LogP) is 2.29. The summed E-state index contributed by atoms with van der Waals surface area (Å²) >= 11 is 0. The number of H-pyrrole nitrogens is 1. The number of piperidine rings is 1. The summed E-state index contributed by atoms with van der Waals surface area (Å²) < 4.78 is 1.45. The third-order valence-electron chi connectivity index (χ3n) is 6.38. The zero-order valence-electron chi connectivity index (χ0n) is 21.1. The molecule has 1 aliphatic rings. The highest BCUT2D eigenvalue weighted by molar-refractivity contribution is 6.05. The number of nitrogens with zero attached hydrogens (tertiary/aromatic N) is 4. The predicted molar refractivity (Wildman–Crippen MR) is 136 cm³/mol. The van der Waals surface area contributed by atoms with Gasteiger partial charge in [0, 0.05) is 43.8 Å². The highest BCUT2D eigenvalue weighted by atomic mass is 16.2. The van der Waals surface area contributed by atoms with Gasteiger partial charge in [0.25, 0.3) is 17.4 Å². The molecule has 4 heterocycles. The van der Waals surface area contributed by atoms with Gasteiger partial charge in [0.15, 0.2) is 5.65 Å². The van der Waals surface area contributed by atoms with Crippen LogP contribution in [0.4, 0.5) is 0 Å². The molecule has 0 aliphatic carbocycles. The van der Waals surface area contributed by atoms with Gasteiger partial charge in [-0.05, 0) is 42.9 Å². The Labute approximate surface area is 208 Å². The largest absolute Gasteiger partial charge is 0.349 e. The van der Waals surface area contributed by atoms with Crippen LogP contribution in [0.1, 0.15) is 72.9 Å². The van der Waals surface area contributed by atoms with Gasteiger partial charge in [0.05, 0.1) is 16.5 Å². The van der Waals surface area contributed by atoms with Crippen LogP contribution in [-0.4, -0.2) is 55.4 Å². The van der Waals surface area contributed by atoms with Crippen LogP contribution in [0.3, 0.4) is 0 Å². The first-order chi connectivity index (χ1) is 17.2. The van der Waals surface area contributed by atoms with E-state index in [1.54, 1.807) is 29.3 Å². The monoisotopic (exact) mass is 492 g/mol. The Kier molecular flexibility index (Phi) is 7.32. The van der Waals surface area contributed by atoms with Crippen LogP contribution in [0.2, 0.25) is 0 Å². The Balaban J connectivity index is 1.62. The van der Waals surface area contributed by atoms with Crippen molar-refractivity contribution in [2.24, 2.45) is 5.92 Å². The number of hydrogen-bond donors (Lipinski definition) is 2. The van der Waals surface area contributed by atoms with E-state index in [-0.39, 0.29) is 46.3 Å². The van der Waals surface area contributed by atoms with Crippen molar-refractivity contribution in [3.8, 4) is 0 Å². The van der Waals surface area contributed by atoms with Gasteiger partial charge in [0.2, 0.25) is 0 Å². The summed E-state index contributed by atoms with van der Waals surface area (Å²) in [5.41, 5.74) is 0.489. The van der Waals surface area contributed by atoms with E-state index in [2.05, 4.69) is 20.3 Å². The molecule has 0 unspecified atom stereocenters. The number of carbonyl (C=O) groups excluding carboxylic acids is 2. The van der Waals surface area contributed by atoms with E-state index < -0.39 is 11.2 Å². The fourth-order valence-corrected chi connectivity index (χ4v) is 4.46. The molecule has 0 spiro atoms. The van der Waals surface area contributed by atoms with Gasteiger partial charge >= 0.3 is 5.69 Å². The molecule has 2 amide bonds. The maximum atomic E-state index is 13.7. The second kappa shape index (κ2) is 10.4. The summed E-state index contributed by atoms with van der Waals surface area (Å²) in [6, 6.07) is 5.02. The molecule has 36 heavy (non-hydrogen) atoms. The molecular weight excluding hydrogens is 460 g/mol. The number of amides is 2. The summed E-state index contributed by atoms with van der Waals surface area (Å²) in [6.45, 7) is 9.09. The van der Waals surface area contributed by atoms with E-state index in [0.717, 1.165) is 0 Å². The molecule has 10 nitrogen and oxygen atoms in total. The van der Waals surface area contributed by atoms with E-state index in [1.807, 2.05) is 27.7 Å². The van der Waals surface area contributed by atoms with Crippen molar-refractivity contribution in [3.05, 3.63) is 68.3 Å². The Morgan fingerprint density at radius 2 is 1.89 bits per heavy atom. The van der Waals surface area contributed by atoms with E-state index in [1.165, 1.54) is 10.8 Å². The lowest BCUT2D eigenvalue weighted by atomic mass is 10.0. The van der Waals surface area contributed by atoms with Crippen molar-refractivity contribution in [1.82, 2.24) is 29.7 Å². The van der Waals surface area contributed by atoms with Crippen LogP contribution in [-0.2, 0) is 6.54 Å². The van der Waals surface area contributed by atoms with E-state index in [0.29, 0.717) is 43.7 Å². The number of aromatic nitrogens is 4. The quantitative estimate of drug-likeness (QED) is 0.543. The number of likely N-dealkylation sites (tertiary alicyclic amines) is 1. The lowest BCUT2D eigenvalue weighted by Gasteiger charge is -2.32. The average molecular weight is 493 g/mol. The second-order valence-corrected chi connectivity index (χ2v) is 9.99. The minimum Gasteiger partial charge on any atom is -0.349 e. The molecule has 190 valence electrons. The Hall–Kier alpha value is -3.82. The minimum atomic E-state index is -0.611. The van der Waals surface area contributed by atoms with Crippen molar-refractivity contribution >= 4 is 22.8 Å². The van der Waals surface area contributed by atoms with Gasteiger partial charge in [-0.15, -0.1) is 0 Å². The molecule has 4 rings (SSSR count). The minimum absolute atomic E-state index is 0.00346. The topological polar surface area (TPSA) is 130 Å². The van der Waals surface area contributed by atoms with Crippen LogP contribution < -0.4 is 16.6 Å². The van der Waals surface area contributed by atoms with Gasteiger partial charge in [-0.2, -0.15) is 0 Å². The molecule has 3 aromatic heterocycles. The van der Waals surface area contributed by atoms with E-state index >= 15 is 0 Å². The highest BCUT2D eigenvalue weighted by Gasteiger charge is 2.28. The fraction of sp³-hybridized carbons (Fsp3) is 0.462. The molecule has 0 atom stereocenters. The molecule has 0 radical (unpaired) electrons. The highest BCUT2D eigenvalue weighted by Crippen LogP contribution is 2.23. The molecule has 0 bridgehead atoms. The van der Waals surface area contributed by atoms with Crippen molar-refractivity contribution in [2.75, 3.05) is 13.1 Å².